The first-order chi connectivity index (χ1) is 10.8. The number of hydroxylamine groups is 1. The van der Waals surface area contributed by atoms with Crippen LogP contribution in [0.5, 0.6) is 0 Å². The Morgan fingerprint density at radius 2 is 1.18 bits per heavy atom. The number of amidine groups is 1. The maximum absolute atomic E-state index is 10.6. The van der Waals surface area contributed by atoms with Crippen LogP contribution >= 0.6 is 0 Å². The molecule has 1 N–H and O–H groups in total. The molecule has 0 unspecified atom stereocenters. The van der Waals surface area contributed by atoms with Crippen LogP contribution in [0.3, 0.4) is 0 Å². The Balaban J connectivity index is 2.06. The van der Waals surface area contributed by atoms with Crippen LogP contribution < -0.4 is 5.06 Å². The lowest BCUT2D eigenvalue weighted by Crippen LogP contribution is -2.27. The zero-order chi connectivity index (χ0) is 15.2. The van der Waals surface area contributed by atoms with Gasteiger partial charge in [0.2, 0.25) is 0 Å². The molecule has 0 spiro atoms. The van der Waals surface area contributed by atoms with Crippen LogP contribution in [0.4, 0.5) is 11.4 Å². The molecule has 3 rings (SSSR count). The van der Waals surface area contributed by atoms with E-state index >= 15 is 0 Å². The van der Waals surface area contributed by atoms with Gasteiger partial charge in [0.25, 0.3) is 0 Å². The third-order valence-electron chi connectivity index (χ3n) is 3.22. The predicted molar refractivity (Wildman–Crippen MR) is 89.8 cm³/mol. The van der Waals surface area contributed by atoms with Gasteiger partial charge in [-0.05, 0) is 24.3 Å². The molecule has 0 aliphatic rings. The summed E-state index contributed by atoms with van der Waals surface area (Å²) in [5.74, 6) is 0.484. The van der Waals surface area contributed by atoms with Gasteiger partial charge in [-0.3, -0.25) is 5.21 Å². The zero-order valence-corrected chi connectivity index (χ0v) is 12.0. The highest BCUT2D eigenvalue weighted by atomic mass is 16.5. The Bertz CT molecular complexity index is 740. The minimum atomic E-state index is 0.484. The van der Waals surface area contributed by atoms with Crippen molar-refractivity contribution >= 4 is 17.2 Å². The summed E-state index contributed by atoms with van der Waals surface area (Å²) in [6.45, 7) is 0. The fourth-order valence-electron chi connectivity index (χ4n) is 2.14. The van der Waals surface area contributed by atoms with Gasteiger partial charge in [0, 0.05) is 5.56 Å². The lowest BCUT2D eigenvalue weighted by Gasteiger charge is -2.19. The fraction of sp³-hybridized carbons (Fsp3) is 0. The fourth-order valence-corrected chi connectivity index (χ4v) is 2.14. The molecule has 0 saturated carbocycles. The number of aliphatic imine (C=N–C) groups is 1. The Labute approximate surface area is 129 Å². The molecular formula is C19H16N2O. The van der Waals surface area contributed by atoms with E-state index in [0.29, 0.717) is 11.5 Å². The van der Waals surface area contributed by atoms with Crippen LogP contribution in [0.2, 0.25) is 0 Å². The normalized spacial score (nSPS) is 11.2. The summed E-state index contributed by atoms with van der Waals surface area (Å²) in [6.07, 6.45) is 0. The van der Waals surface area contributed by atoms with Crippen molar-refractivity contribution in [3.63, 3.8) is 0 Å². The summed E-state index contributed by atoms with van der Waals surface area (Å²) in [6, 6.07) is 28.6. The molecule has 3 heteroatoms. The third kappa shape index (κ3) is 3.22. The highest BCUT2D eigenvalue weighted by molar-refractivity contribution is 6.09. The first-order valence-electron chi connectivity index (χ1n) is 7.08. The standard InChI is InChI=1S/C19H16N2O/c22-21(18-14-8-3-9-15-18)19(16-10-4-1-5-11-16)20-17-12-6-2-7-13-17/h1-15,22H. The highest BCUT2D eigenvalue weighted by Crippen LogP contribution is 2.19. The smallest absolute Gasteiger partial charge is 0.165 e. The van der Waals surface area contributed by atoms with E-state index in [2.05, 4.69) is 4.99 Å². The number of hydrogen-bond acceptors (Lipinski definition) is 2. The van der Waals surface area contributed by atoms with E-state index in [1.54, 1.807) is 0 Å². The molecule has 0 saturated heterocycles. The Hall–Kier alpha value is -2.91. The zero-order valence-electron chi connectivity index (χ0n) is 12.0. The average molecular weight is 288 g/mol. The van der Waals surface area contributed by atoms with Gasteiger partial charge in [-0.15, -0.1) is 0 Å². The summed E-state index contributed by atoms with van der Waals surface area (Å²) in [5, 5.41) is 11.7. The molecule has 0 bridgehead atoms. The van der Waals surface area contributed by atoms with Gasteiger partial charge in [-0.25, -0.2) is 10.1 Å². The molecule has 0 aliphatic heterocycles. The molecule has 0 aliphatic carbocycles. The molecule has 3 nitrogen and oxygen atoms in total. The van der Waals surface area contributed by atoms with Crippen LogP contribution in [0, 0.1) is 0 Å². The average Bonchev–Trinajstić information content (AvgIpc) is 2.61. The molecule has 0 heterocycles. The van der Waals surface area contributed by atoms with Crippen LogP contribution in [0.1, 0.15) is 5.56 Å². The lowest BCUT2D eigenvalue weighted by atomic mass is 10.2. The van der Waals surface area contributed by atoms with Crippen LogP contribution in [0.25, 0.3) is 0 Å². The number of hydrogen-bond donors (Lipinski definition) is 1. The van der Waals surface area contributed by atoms with Crippen molar-refractivity contribution in [2.24, 2.45) is 4.99 Å². The van der Waals surface area contributed by atoms with Gasteiger partial charge in [0.1, 0.15) is 0 Å². The van der Waals surface area contributed by atoms with Crippen molar-refractivity contribution in [1.82, 2.24) is 0 Å². The lowest BCUT2D eigenvalue weighted by molar-refractivity contribution is 0.313. The molecule has 3 aromatic rings. The van der Waals surface area contributed by atoms with Gasteiger partial charge in [-0.2, -0.15) is 0 Å². The van der Waals surface area contributed by atoms with Gasteiger partial charge < -0.3 is 0 Å². The molecule has 3 aromatic carbocycles. The van der Waals surface area contributed by atoms with E-state index < -0.39 is 0 Å². The first-order valence-corrected chi connectivity index (χ1v) is 7.08. The largest absolute Gasteiger partial charge is 0.282 e. The van der Waals surface area contributed by atoms with Gasteiger partial charge in [0.05, 0.1) is 11.4 Å². The Morgan fingerprint density at radius 1 is 0.682 bits per heavy atom. The van der Waals surface area contributed by atoms with Crippen molar-refractivity contribution in [3.8, 4) is 0 Å². The molecule has 22 heavy (non-hydrogen) atoms. The molecule has 0 amide bonds. The van der Waals surface area contributed by atoms with E-state index in [0.717, 1.165) is 16.3 Å². The number of anilines is 1. The third-order valence-corrected chi connectivity index (χ3v) is 3.22. The second-order valence-corrected chi connectivity index (χ2v) is 4.78. The second-order valence-electron chi connectivity index (χ2n) is 4.78. The summed E-state index contributed by atoms with van der Waals surface area (Å²) in [5.41, 5.74) is 2.30. The van der Waals surface area contributed by atoms with E-state index in [-0.39, 0.29) is 0 Å². The first kappa shape index (κ1) is 14.0. The van der Waals surface area contributed by atoms with Gasteiger partial charge >= 0.3 is 0 Å². The SMILES string of the molecule is ON(C(=Nc1ccccc1)c1ccccc1)c1ccccc1. The van der Waals surface area contributed by atoms with Crippen molar-refractivity contribution in [1.29, 1.82) is 0 Å². The van der Waals surface area contributed by atoms with Crippen molar-refractivity contribution < 1.29 is 5.21 Å². The monoisotopic (exact) mass is 288 g/mol. The van der Waals surface area contributed by atoms with Crippen LogP contribution in [-0.4, -0.2) is 11.0 Å². The molecule has 0 fully saturated rings. The van der Waals surface area contributed by atoms with Gasteiger partial charge in [0.15, 0.2) is 5.84 Å². The summed E-state index contributed by atoms with van der Waals surface area (Å²) in [7, 11) is 0. The summed E-state index contributed by atoms with van der Waals surface area (Å²) < 4.78 is 0. The predicted octanol–water partition coefficient (Wildman–Crippen LogP) is 4.66. The molecule has 0 aromatic heterocycles. The molecular weight excluding hydrogens is 272 g/mol. The van der Waals surface area contributed by atoms with E-state index in [1.165, 1.54) is 0 Å². The summed E-state index contributed by atoms with van der Waals surface area (Å²) in [4.78, 5) is 4.60. The van der Waals surface area contributed by atoms with Crippen LogP contribution in [0.15, 0.2) is 96.0 Å². The topological polar surface area (TPSA) is 35.8 Å². The highest BCUT2D eigenvalue weighted by Gasteiger charge is 2.13. The van der Waals surface area contributed by atoms with Crippen molar-refractivity contribution in [2.75, 3.05) is 5.06 Å². The quantitative estimate of drug-likeness (QED) is 0.432. The molecule has 0 atom stereocenters. The van der Waals surface area contributed by atoms with Gasteiger partial charge in [-0.1, -0.05) is 66.7 Å². The Kier molecular flexibility index (Phi) is 4.27. The number of benzene rings is 3. The minimum absolute atomic E-state index is 0.484. The second kappa shape index (κ2) is 6.70. The number of para-hydroxylation sites is 2. The molecule has 0 radical (unpaired) electrons. The number of rotatable bonds is 3. The van der Waals surface area contributed by atoms with E-state index in [9.17, 15) is 5.21 Å². The maximum Gasteiger partial charge on any atom is 0.165 e. The maximum atomic E-state index is 10.6. The van der Waals surface area contributed by atoms with Crippen LogP contribution in [-0.2, 0) is 0 Å². The van der Waals surface area contributed by atoms with Crippen molar-refractivity contribution in [2.45, 2.75) is 0 Å². The Morgan fingerprint density at radius 3 is 1.77 bits per heavy atom. The van der Waals surface area contributed by atoms with Crippen molar-refractivity contribution in [3.05, 3.63) is 96.6 Å². The molecule has 108 valence electrons. The minimum Gasteiger partial charge on any atom is -0.282 e. The van der Waals surface area contributed by atoms with E-state index in [1.807, 2.05) is 91.0 Å². The summed E-state index contributed by atoms with van der Waals surface area (Å²) >= 11 is 0. The van der Waals surface area contributed by atoms with E-state index in [4.69, 9.17) is 0 Å². The number of nitrogens with zero attached hydrogens (tertiary/aromatic N) is 2.